The maximum absolute atomic E-state index is 11.9. The third-order valence-electron chi connectivity index (χ3n) is 3.65. The highest BCUT2D eigenvalue weighted by Gasteiger charge is 2.25. The minimum absolute atomic E-state index is 0.247. The number of rotatable bonds is 5. The molecule has 0 atom stereocenters. The first-order chi connectivity index (χ1) is 8.00. The van der Waals surface area contributed by atoms with Gasteiger partial charge in [-0.2, -0.15) is 0 Å². The van der Waals surface area contributed by atoms with Gasteiger partial charge in [0.05, 0.1) is 0 Å². The van der Waals surface area contributed by atoms with Gasteiger partial charge in [0.25, 0.3) is 0 Å². The van der Waals surface area contributed by atoms with Crippen LogP contribution in [0.1, 0.15) is 47.0 Å². The molecule has 100 valence electrons. The molecular weight excluding hydrogens is 212 g/mol. The second-order valence-corrected chi connectivity index (χ2v) is 5.88. The summed E-state index contributed by atoms with van der Waals surface area (Å²) in [6, 6.07) is 0.611. The molecule has 0 unspecified atom stereocenters. The Morgan fingerprint density at radius 1 is 1.24 bits per heavy atom. The van der Waals surface area contributed by atoms with Crippen LogP contribution in [0.5, 0.6) is 0 Å². The van der Waals surface area contributed by atoms with Crippen molar-refractivity contribution in [1.29, 1.82) is 0 Å². The van der Waals surface area contributed by atoms with E-state index in [2.05, 4.69) is 37.9 Å². The van der Waals surface area contributed by atoms with Crippen molar-refractivity contribution >= 4 is 5.91 Å². The standard InChI is InChI=1S/C14H28N2O/c1-11(2)5-8-15-14(17)13-6-9-16(10-7-13)12(3)4/h11-13H,5-10H2,1-4H3,(H,15,17). The summed E-state index contributed by atoms with van der Waals surface area (Å²) >= 11 is 0. The first-order valence-corrected chi connectivity index (χ1v) is 7.02. The van der Waals surface area contributed by atoms with Crippen LogP contribution in [0.3, 0.4) is 0 Å². The van der Waals surface area contributed by atoms with E-state index < -0.39 is 0 Å². The van der Waals surface area contributed by atoms with Gasteiger partial charge < -0.3 is 10.2 Å². The summed E-state index contributed by atoms with van der Waals surface area (Å²) in [6.45, 7) is 11.8. The lowest BCUT2D eigenvalue weighted by molar-refractivity contribution is -0.126. The Hall–Kier alpha value is -0.570. The molecule has 1 N–H and O–H groups in total. The van der Waals surface area contributed by atoms with Crippen LogP contribution in [-0.4, -0.2) is 36.5 Å². The van der Waals surface area contributed by atoms with Crippen molar-refractivity contribution in [3.63, 3.8) is 0 Å². The van der Waals surface area contributed by atoms with Gasteiger partial charge in [-0.15, -0.1) is 0 Å². The zero-order chi connectivity index (χ0) is 12.8. The summed E-state index contributed by atoms with van der Waals surface area (Å²) in [6.07, 6.45) is 3.12. The summed E-state index contributed by atoms with van der Waals surface area (Å²) in [5.74, 6) is 1.18. The van der Waals surface area contributed by atoms with Gasteiger partial charge in [-0.05, 0) is 52.1 Å². The molecule has 0 spiro atoms. The number of carbonyl (C=O) groups is 1. The first-order valence-electron chi connectivity index (χ1n) is 7.02. The normalized spacial score (nSPS) is 18.9. The molecule has 0 bridgehead atoms. The predicted molar refractivity (Wildman–Crippen MR) is 71.9 cm³/mol. The Kier molecular flexibility index (Phi) is 5.96. The molecule has 1 amide bonds. The Bertz CT molecular complexity index is 230. The predicted octanol–water partition coefficient (Wildman–Crippen LogP) is 2.27. The van der Waals surface area contributed by atoms with Gasteiger partial charge in [0.2, 0.25) is 5.91 Å². The maximum atomic E-state index is 11.9. The average molecular weight is 240 g/mol. The summed E-state index contributed by atoms with van der Waals surface area (Å²) in [4.78, 5) is 14.4. The molecule has 0 aromatic carbocycles. The molecule has 1 aliphatic rings. The van der Waals surface area contributed by atoms with Crippen LogP contribution in [0.2, 0.25) is 0 Å². The monoisotopic (exact) mass is 240 g/mol. The molecule has 0 radical (unpaired) electrons. The fraction of sp³-hybridized carbons (Fsp3) is 0.929. The van der Waals surface area contributed by atoms with Gasteiger partial charge in [0.1, 0.15) is 0 Å². The van der Waals surface area contributed by atoms with Gasteiger partial charge in [-0.25, -0.2) is 0 Å². The van der Waals surface area contributed by atoms with Crippen molar-refractivity contribution in [3.05, 3.63) is 0 Å². The van der Waals surface area contributed by atoms with Crippen LogP contribution in [0.25, 0.3) is 0 Å². The minimum Gasteiger partial charge on any atom is -0.356 e. The fourth-order valence-electron chi connectivity index (χ4n) is 2.31. The summed E-state index contributed by atoms with van der Waals surface area (Å²) in [7, 11) is 0. The van der Waals surface area contributed by atoms with Gasteiger partial charge in [-0.1, -0.05) is 13.8 Å². The smallest absolute Gasteiger partial charge is 0.223 e. The van der Waals surface area contributed by atoms with Crippen LogP contribution >= 0.6 is 0 Å². The van der Waals surface area contributed by atoms with Crippen LogP contribution in [0.4, 0.5) is 0 Å². The van der Waals surface area contributed by atoms with E-state index in [4.69, 9.17) is 0 Å². The van der Waals surface area contributed by atoms with Gasteiger partial charge in [0.15, 0.2) is 0 Å². The number of likely N-dealkylation sites (tertiary alicyclic amines) is 1. The van der Waals surface area contributed by atoms with Crippen molar-refractivity contribution in [2.24, 2.45) is 11.8 Å². The second kappa shape index (κ2) is 7.00. The molecule has 0 saturated carbocycles. The summed E-state index contributed by atoms with van der Waals surface area (Å²) in [5.41, 5.74) is 0. The van der Waals surface area contributed by atoms with Crippen molar-refractivity contribution in [2.75, 3.05) is 19.6 Å². The van der Waals surface area contributed by atoms with Crippen molar-refractivity contribution < 1.29 is 4.79 Å². The lowest BCUT2D eigenvalue weighted by Gasteiger charge is -2.34. The van der Waals surface area contributed by atoms with Crippen LogP contribution in [-0.2, 0) is 4.79 Å². The number of hydrogen-bond acceptors (Lipinski definition) is 2. The van der Waals surface area contributed by atoms with E-state index in [0.29, 0.717) is 12.0 Å². The Morgan fingerprint density at radius 3 is 2.29 bits per heavy atom. The molecule has 1 fully saturated rings. The molecule has 0 aliphatic carbocycles. The minimum atomic E-state index is 0.247. The topological polar surface area (TPSA) is 32.3 Å². The lowest BCUT2D eigenvalue weighted by Crippen LogP contribution is -2.43. The van der Waals surface area contributed by atoms with E-state index in [-0.39, 0.29) is 11.8 Å². The van der Waals surface area contributed by atoms with Crippen molar-refractivity contribution in [1.82, 2.24) is 10.2 Å². The summed E-state index contributed by atoms with van der Waals surface area (Å²) < 4.78 is 0. The average Bonchev–Trinajstić information content (AvgIpc) is 2.28. The molecule has 3 nitrogen and oxygen atoms in total. The summed E-state index contributed by atoms with van der Waals surface area (Å²) in [5, 5.41) is 3.07. The number of carbonyl (C=O) groups excluding carboxylic acids is 1. The Morgan fingerprint density at radius 2 is 1.82 bits per heavy atom. The van der Waals surface area contributed by atoms with Gasteiger partial charge in [0, 0.05) is 18.5 Å². The highest BCUT2D eigenvalue weighted by Crippen LogP contribution is 2.18. The quantitative estimate of drug-likeness (QED) is 0.799. The van der Waals surface area contributed by atoms with Gasteiger partial charge >= 0.3 is 0 Å². The van der Waals surface area contributed by atoms with E-state index in [9.17, 15) is 4.79 Å². The highest BCUT2D eigenvalue weighted by atomic mass is 16.1. The van der Waals surface area contributed by atoms with Crippen molar-refractivity contribution in [2.45, 2.75) is 53.0 Å². The molecular formula is C14H28N2O. The Balaban J connectivity index is 2.21. The number of amides is 1. The third kappa shape index (κ3) is 5.07. The van der Waals surface area contributed by atoms with Crippen LogP contribution in [0.15, 0.2) is 0 Å². The lowest BCUT2D eigenvalue weighted by atomic mass is 9.95. The van der Waals surface area contributed by atoms with E-state index in [1.54, 1.807) is 0 Å². The molecule has 3 heteroatoms. The number of hydrogen-bond donors (Lipinski definition) is 1. The number of nitrogens with zero attached hydrogens (tertiary/aromatic N) is 1. The van der Waals surface area contributed by atoms with E-state index in [1.165, 1.54) is 0 Å². The highest BCUT2D eigenvalue weighted by molar-refractivity contribution is 5.78. The molecule has 1 saturated heterocycles. The zero-order valence-corrected chi connectivity index (χ0v) is 11.8. The molecule has 1 heterocycles. The van der Waals surface area contributed by atoms with E-state index >= 15 is 0 Å². The number of nitrogens with one attached hydrogen (secondary N) is 1. The molecule has 0 aromatic rings. The maximum Gasteiger partial charge on any atom is 0.223 e. The fourth-order valence-corrected chi connectivity index (χ4v) is 2.31. The second-order valence-electron chi connectivity index (χ2n) is 5.88. The van der Waals surface area contributed by atoms with E-state index in [1.807, 2.05) is 0 Å². The molecule has 17 heavy (non-hydrogen) atoms. The number of piperidine rings is 1. The molecule has 1 rings (SSSR count). The third-order valence-corrected chi connectivity index (χ3v) is 3.65. The first kappa shape index (κ1) is 14.5. The molecule has 1 aliphatic heterocycles. The SMILES string of the molecule is CC(C)CCNC(=O)C1CCN(C(C)C)CC1. The van der Waals surface area contributed by atoms with Crippen molar-refractivity contribution in [3.8, 4) is 0 Å². The van der Waals surface area contributed by atoms with E-state index in [0.717, 1.165) is 38.9 Å². The Labute approximate surface area is 106 Å². The molecule has 0 aromatic heterocycles. The largest absolute Gasteiger partial charge is 0.356 e. The van der Waals surface area contributed by atoms with Crippen LogP contribution in [0, 0.1) is 11.8 Å². The van der Waals surface area contributed by atoms with Gasteiger partial charge in [-0.3, -0.25) is 4.79 Å². The van der Waals surface area contributed by atoms with Crippen LogP contribution < -0.4 is 5.32 Å². The zero-order valence-electron chi connectivity index (χ0n) is 11.8.